The van der Waals surface area contributed by atoms with Crippen LogP contribution < -0.4 is 0 Å². The van der Waals surface area contributed by atoms with Crippen molar-refractivity contribution >= 4 is 0 Å². The van der Waals surface area contributed by atoms with Crippen LogP contribution in [0.4, 0.5) is 0 Å². The van der Waals surface area contributed by atoms with Gasteiger partial charge in [-0.3, -0.25) is 0 Å². The van der Waals surface area contributed by atoms with E-state index < -0.39 is 0 Å². The third-order valence-electron chi connectivity index (χ3n) is 14.5. The van der Waals surface area contributed by atoms with Gasteiger partial charge in [-0.1, -0.05) is 48.5 Å². The average Bonchev–Trinajstić information content (AvgIpc) is 3.39. The van der Waals surface area contributed by atoms with Crippen LogP contribution in [0.3, 0.4) is 0 Å². The molecule has 6 saturated carbocycles. The second-order valence-corrected chi connectivity index (χ2v) is 15.4. The first-order valence-electron chi connectivity index (χ1n) is 14.1. The van der Waals surface area contributed by atoms with Crippen LogP contribution in [0.5, 0.6) is 0 Å². The number of rotatable bonds is 0. The largest absolute Gasteiger partial charge is 0.393 e. The van der Waals surface area contributed by atoms with E-state index >= 15 is 0 Å². The Morgan fingerprint density at radius 3 is 2.16 bits per heavy atom. The molecule has 0 aromatic carbocycles. The van der Waals surface area contributed by atoms with Crippen LogP contribution in [-0.4, -0.2) is 11.2 Å². The number of aliphatic hydroxyl groups excluding tert-OH is 1. The second kappa shape index (κ2) is 5.95. The van der Waals surface area contributed by atoms with Gasteiger partial charge in [0.25, 0.3) is 0 Å². The summed E-state index contributed by atoms with van der Waals surface area (Å²) in [4.78, 5) is 0. The fourth-order valence-corrected chi connectivity index (χ4v) is 12.8. The van der Waals surface area contributed by atoms with Gasteiger partial charge < -0.3 is 5.11 Å². The summed E-state index contributed by atoms with van der Waals surface area (Å²) in [6, 6.07) is 0. The lowest BCUT2D eigenvalue weighted by Gasteiger charge is -2.70. The molecule has 1 heteroatoms. The van der Waals surface area contributed by atoms with Crippen molar-refractivity contribution < 1.29 is 5.11 Å². The third kappa shape index (κ3) is 2.21. The maximum Gasteiger partial charge on any atom is 0.0594 e. The molecule has 176 valence electrons. The van der Waals surface area contributed by atoms with E-state index in [2.05, 4.69) is 48.5 Å². The van der Waals surface area contributed by atoms with Crippen LogP contribution in [0.15, 0.2) is 0 Å². The minimum atomic E-state index is -0.100. The molecule has 0 bridgehead atoms. The van der Waals surface area contributed by atoms with Gasteiger partial charge in [0.2, 0.25) is 0 Å². The summed E-state index contributed by atoms with van der Waals surface area (Å²) in [6.07, 6.45) is 15.5. The predicted molar refractivity (Wildman–Crippen MR) is 129 cm³/mol. The van der Waals surface area contributed by atoms with Gasteiger partial charge in [0.15, 0.2) is 0 Å². The average molecular weight is 427 g/mol. The molecule has 6 aliphatic carbocycles. The summed E-state index contributed by atoms with van der Waals surface area (Å²) in [5, 5.41) is 10.9. The Labute approximate surface area is 192 Å². The van der Waals surface area contributed by atoms with Crippen molar-refractivity contribution in [2.45, 2.75) is 125 Å². The molecule has 0 unspecified atom stereocenters. The zero-order valence-electron chi connectivity index (χ0n) is 21.7. The molecule has 11 atom stereocenters. The molecule has 0 saturated heterocycles. The molecule has 0 aliphatic heterocycles. The van der Waals surface area contributed by atoms with E-state index in [-0.39, 0.29) is 11.5 Å². The maximum atomic E-state index is 10.9. The van der Waals surface area contributed by atoms with E-state index in [4.69, 9.17) is 0 Å². The highest BCUT2D eigenvalue weighted by atomic mass is 16.3. The highest BCUT2D eigenvalue weighted by Crippen LogP contribution is 2.91. The van der Waals surface area contributed by atoms with Gasteiger partial charge in [-0.2, -0.15) is 0 Å². The van der Waals surface area contributed by atoms with E-state index in [1.165, 1.54) is 57.8 Å². The van der Waals surface area contributed by atoms with Gasteiger partial charge in [-0.25, -0.2) is 0 Å². The molecular weight excluding hydrogens is 376 g/mol. The first-order valence-corrected chi connectivity index (χ1v) is 14.1. The van der Waals surface area contributed by atoms with Crippen molar-refractivity contribution in [3.8, 4) is 0 Å². The van der Waals surface area contributed by atoms with Gasteiger partial charge in [-0.15, -0.1) is 0 Å². The second-order valence-electron chi connectivity index (χ2n) is 15.4. The minimum Gasteiger partial charge on any atom is -0.393 e. The fraction of sp³-hybridized carbons (Fsp3) is 1.00. The molecule has 6 fully saturated rings. The van der Waals surface area contributed by atoms with Crippen LogP contribution in [0.1, 0.15) is 119 Å². The molecular formula is C30H50O. The van der Waals surface area contributed by atoms with E-state index in [9.17, 15) is 5.11 Å². The topological polar surface area (TPSA) is 20.2 Å². The first kappa shape index (κ1) is 21.5. The summed E-state index contributed by atoms with van der Waals surface area (Å²) >= 11 is 0. The zero-order valence-corrected chi connectivity index (χ0v) is 21.7. The number of hydrogen-bond acceptors (Lipinski definition) is 1. The first-order chi connectivity index (χ1) is 14.4. The predicted octanol–water partition coefficient (Wildman–Crippen LogP) is 7.86. The molecule has 0 aromatic heterocycles. The third-order valence-corrected chi connectivity index (χ3v) is 14.5. The van der Waals surface area contributed by atoms with Crippen LogP contribution in [0.2, 0.25) is 0 Å². The molecule has 0 aromatic rings. The summed E-state index contributed by atoms with van der Waals surface area (Å²) < 4.78 is 0. The van der Waals surface area contributed by atoms with Gasteiger partial charge >= 0.3 is 0 Å². The smallest absolute Gasteiger partial charge is 0.0594 e. The molecule has 6 aliphatic rings. The standard InChI is InChI=1S/C30H50O/c1-19-8-12-26(5)16-17-30-18-29(30,24(26)20(19)2)15-10-22-27(6)13-11-23(31)25(3,4)21(27)9-14-28(22,30)7/h19-24,31H,8-18H2,1-7H3/t19-,20+,21+,22-,23-,24-,26-,27-,28+,29-,30-/m1/s1. The fourth-order valence-electron chi connectivity index (χ4n) is 12.8. The summed E-state index contributed by atoms with van der Waals surface area (Å²) in [5.41, 5.74) is 3.00. The Morgan fingerprint density at radius 2 is 1.42 bits per heavy atom. The van der Waals surface area contributed by atoms with Crippen molar-refractivity contribution in [3.05, 3.63) is 0 Å². The quantitative estimate of drug-likeness (QED) is 0.418. The summed E-state index contributed by atoms with van der Waals surface area (Å²) in [7, 11) is 0. The van der Waals surface area contributed by atoms with E-state index in [1.807, 2.05) is 0 Å². The van der Waals surface area contributed by atoms with E-state index in [0.29, 0.717) is 33.0 Å². The van der Waals surface area contributed by atoms with Gasteiger partial charge in [-0.05, 0) is 133 Å². The zero-order chi connectivity index (χ0) is 22.2. The van der Waals surface area contributed by atoms with Crippen LogP contribution in [0, 0.1) is 62.1 Å². The molecule has 31 heavy (non-hydrogen) atoms. The Kier molecular flexibility index (Phi) is 4.13. The van der Waals surface area contributed by atoms with Crippen molar-refractivity contribution in [2.75, 3.05) is 0 Å². The molecule has 1 nitrogen and oxygen atoms in total. The normalized spacial score (nSPS) is 64.3. The molecule has 0 amide bonds. The SMILES string of the molecule is C[C@H]1[C@H](C)CC[C@]2(C)CC[C@]34C[C@]3(CC[C@@H]3[C@]5(C)CC[C@@H](O)C(C)(C)[C@@H]5CC[C@@]34C)[C@H]12. The molecule has 1 N–H and O–H groups in total. The van der Waals surface area contributed by atoms with Crippen LogP contribution >= 0.6 is 0 Å². The van der Waals surface area contributed by atoms with Crippen LogP contribution in [-0.2, 0) is 0 Å². The highest BCUT2D eigenvalue weighted by molar-refractivity contribution is 5.32. The molecule has 0 spiro atoms. The van der Waals surface area contributed by atoms with E-state index in [0.717, 1.165) is 30.1 Å². The van der Waals surface area contributed by atoms with Gasteiger partial charge in [0.1, 0.15) is 0 Å². The molecule has 0 radical (unpaired) electrons. The van der Waals surface area contributed by atoms with Crippen molar-refractivity contribution in [3.63, 3.8) is 0 Å². The Morgan fingerprint density at radius 1 is 0.710 bits per heavy atom. The van der Waals surface area contributed by atoms with E-state index in [1.54, 1.807) is 6.42 Å². The Hall–Kier alpha value is -0.0400. The monoisotopic (exact) mass is 426 g/mol. The minimum absolute atomic E-state index is 0.0858. The van der Waals surface area contributed by atoms with Gasteiger partial charge in [0, 0.05) is 0 Å². The Bertz CT molecular complexity index is 785. The lowest BCUT2D eigenvalue weighted by atomic mass is 9.35. The lowest BCUT2D eigenvalue weighted by molar-refractivity contribution is -0.223. The number of fused-ring (bicyclic) bond motifs is 4. The maximum absolute atomic E-state index is 10.9. The van der Waals surface area contributed by atoms with Gasteiger partial charge in [0.05, 0.1) is 6.10 Å². The van der Waals surface area contributed by atoms with Crippen molar-refractivity contribution in [2.24, 2.45) is 62.1 Å². The van der Waals surface area contributed by atoms with Crippen molar-refractivity contribution in [1.82, 2.24) is 0 Å². The summed E-state index contributed by atoms with van der Waals surface area (Å²) in [6.45, 7) is 18.2. The van der Waals surface area contributed by atoms with Crippen LogP contribution in [0.25, 0.3) is 0 Å². The lowest BCUT2D eigenvalue weighted by Crippen LogP contribution is -2.64. The number of aliphatic hydroxyl groups is 1. The highest BCUT2D eigenvalue weighted by Gasteiger charge is 2.84. The number of hydrogen-bond donors (Lipinski definition) is 1. The summed E-state index contributed by atoms with van der Waals surface area (Å²) in [5.74, 6) is 4.39. The van der Waals surface area contributed by atoms with Crippen molar-refractivity contribution in [1.29, 1.82) is 0 Å². The molecule has 0 heterocycles. The Balaban J connectivity index is 1.40. The molecule has 6 rings (SSSR count).